The van der Waals surface area contributed by atoms with Gasteiger partial charge in [-0.1, -0.05) is 6.92 Å². The van der Waals surface area contributed by atoms with Crippen LogP contribution in [0.3, 0.4) is 0 Å². The lowest BCUT2D eigenvalue weighted by molar-refractivity contribution is 0.704. The zero-order chi connectivity index (χ0) is 4.83. The molecule has 0 aliphatic carbocycles. The van der Waals surface area contributed by atoms with E-state index < -0.39 is 0 Å². The second kappa shape index (κ2) is 6.18. The van der Waals surface area contributed by atoms with Crippen molar-refractivity contribution in [3.63, 3.8) is 0 Å². The topological polar surface area (TPSA) is 9.23 Å². The Bertz CT molecular complexity index is 25.5. The Balaban J connectivity index is 2.34. The van der Waals surface area contributed by atoms with Crippen molar-refractivity contribution < 1.29 is 4.44 Å². The third-order valence-electron chi connectivity index (χ3n) is 0.301. The molecule has 4 heteroatoms. The van der Waals surface area contributed by atoms with Crippen LogP contribution in [0.15, 0.2) is 0 Å². The Labute approximate surface area is 54.2 Å². The standard InChI is InChI=1S/C2H7BIOP/c1-2-6-5-3-4/h3,6H,2H2,1H3. The number of rotatable bonds is 3. The predicted molar refractivity (Wildman–Crippen MR) is 41.1 cm³/mol. The molecule has 0 rings (SSSR count). The van der Waals surface area contributed by atoms with E-state index in [-0.39, 0.29) is 0 Å². The average Bonchev–Trinajstić information content (AvgIpc) is 1.61. The van der Waals surface area contributed by atoms with Crippen LogP contribution in [-0.2, 0) is 4.44 Å². The molecule has 36 valence electrons. The highest BCUT2D eigenvalue weighted by Crippen LogP contribution is 2.08. The average molecular weight is 216 g/mol. The Morgan fingerprint density at radius 2 is 2.67 bits per heavy atom. The van der Waals surface area contributed by atoms with E-state index in [4.69, 9.17) is 4.44 Å². The fourth-order valence-electron chi connectivity index (χ4n) is 0.141. The molecule has 0 heterocycles. The van der Waals surface area contributed by atoms with Crippen molar-refractivity contribution in [1.29, 1.82) is 0 Å². The van der Waals surface area contributed by atoms with Crippen LogP contribution in [0, 0.1) is 0 Å². The van der Waals surface area contributed by atoms with Gasteiger partial charge in [0.05, 0.1) is 0 Å². The van der Waals surface area contributed by atoms with Gasteiger partial charge in [-0.2, -0.15) is 0 Å². The summed E-state index contributed by atoms with van der Waals surface area (Å²) in [6.45, 7) is 2.12. The van der Waals surface area contributed by atoms with Gasteiger partial charge in [0, 0.05) is 0 Å². The summed E-state index contributed by atoms with van der Waals surface area (Å²) in [6, 6.07) is 0. The molecule has 0 aliphatic heterocycles. The van der Waals surface area contributed by atoms with E-state index >= 15 is 0 Å². The van der Waals surface area contributed by atoms with E-state index in [1.807, 2.05) is 0 Å². The van der Waals surface area contributed by atoms with E-state index in [2.05, 4.69) is 29.3 Å². The molecule has 0 aromatic rings. The lowest BCUT2D eigenvalue weighted by Crippen LogP contribution is -1.73. The molecule has 0 N–H and O–H groups in total. The van der Waals surface area contributed by atoms with Gasteiger partial charge in [-0.15, -0.1) is 22.4 Å². The van der Waals surface area contributed by atoms with Crippen molar-refractivity contribution in [2.45, 2.75) is 6.92 Å². The highest BCUT2D eigenvalue weighted by atomic mass is 127. The summed E-state index contributed by atoms with van der Waals surface area (Å²) in [5, 5.41) is 0.837. The van der Waals surface area contributed by atoms with Crippen LogP contribution in [-0.4, -0.2) is 11.5 Å². The molecule has 6 heavy (non-hydrogen) atoms. The summed E-state index contributed by atoms with van der Waals surface area (Å²) in [7, 11) is 0.707. The molecule has 0 amide bonds. The Morgan fingerprint density at radius 3 is 2.83 bits per heavy atom. The minimum Gasteiger partial charge on any atom is -0.409 e. The minimum atomic E-state index is 0.707. The molecule has 0 aliphatic rings. The van der Waals surface area contributed by atoms with E-state index in [1.54, 1.807) is 0 Å². The Morgan fingerprint density at radius 1 is 2.00 bits per heavy atom. The number of halogens is 1. The molecule has 1 nitrogen and oxygen atoms in total. The summed E-state index contributed by atoms with van der Waals surface area (Å²) in [5.41, 5.74) is 0. The zero-order valence-electron chi connectivity index (χ0n) is 3.70. The van der Waals surface area contributed by atoms with Crippen molar-refractivity contribution in [1.82, 2.24) is 0 Å². The molecule has 0 aromatic carbocycles. The third-order valence-corrected chi connectivity index (χ3v) is 1.84. The summed E-state index contributed by atoms with van der Waals surface area (Å²) in [4.78, 5) is 0. The molecule has 0 saturated carbocycles. The molecule has 0 spiro atoms. The normalized spacial score (nSPS) is 10.3. The number of hydrogen-bond acceptors (Lipinski definition) is 1. The van der Waals surface area contributed by atoms with Gasteiger partial charge in [-0.25, -0.2) is 0 Å². The maximum Gasteiger partial charge on any atom is 0.350 e. The van der Waals surface area contributed by atoms with E-state index in [9.17, 15) is 0 Å². The third kappa shape index (κ3) is 5.18. The van der Waals surface area contributed by atoms with Gasteiger partial charge >= 0.3 is 5.34 Å². The van der Waals surface area contributed by atoms with Crippen LogP contribution in [0.2, 0.25) is 0 Å². The largest absolute Gasteiger partial charge is 0.409 e. The van der Waals surface area contributed by atoms with E-state index in [0.29, 0.717) is 8.81 Å². The van der Waals surface area contributed by atoms with Crippen LogP contribution in [0.4, 0.5) is 0 Å². The van der Waals surface area contributed by atoms with Gasteiger partial charge < -0.3 is 4.44 Å². The molecule has 1 unspecified atom stereocenters. The Kier molecular flexibility index (Phi) is 7.41. The van der Waals surface area contributed by atoms with Gasteiger partial charge in [-0.3, -0.25) is 0 Å². The highest BCUT2D eigenvalue weighted by Gasteiger charge is 1.77. The quantitative estimate of drug-likeness (QED) is 0.299. The summed E-state index contributed by atoms with van der Waals surface area (Å²) >= 11 is 2.20. The van der Waals surface area contributed by atoms with Crippen molar-refractivity contribution in [2.24, 2.45) is 0 Å². The van der Waals surface area contributed by atoms with Crippen LogP contribution in [0.1, 0.15) is 6.92 Å². The maximum atomic E-state index is 5.00. The summed E-state index contributed by atoms with van der Waals surface area (Å²) in [6.07, 6.45) is 1.16. The first-order chi connectivity index (χ1) is 2.91. The molecule has 0 fully saturated rings. The van der Waals surface area contributed by atoms with Crippen molar-refractivity contribution in [3.8, 4) is 0 Å². The second-order valence-electron chi connectivity index (χ2n) is 0.751. The molecule has 0 bridgehead atoms. The van der Waals surface area contributed by atoms with Gasteiger partial charge in [0.2, 0.25) is 0 Å². The van der Waals surface area contributed by atoms with Gasteiger partial charge in [0.15, 0.2) is 0 Å². The van der Waals surface area contributed by atoms with Crippen LogP contribution < -0.4 is 0 Å². The lowest BCUT2D eigenvalue weighted by atomic mass is 10.6. The molecular formula is C2H7BIOP. The number of hydrogen-bond donors (Lipinski definition) is 0. The molecular weight excluding hydrogens is 209 g/mol. The second-order valence-corrected chi connectivity index (χ2v) is 2.66. The Hall–Kier alpha value is 1.18. The fraction of sp³-hybridized carbons (Fsp3) is 1.00. The van der Waals surface area contributed by atoms with E-state index in [0.717, 1.165) is 11.5 Å². The first-order valence-corrected chi connectivity index (χ1v) is 4.46. The first kappa shape index (κ1) is 7.18. The van der Waals surface area contributed by atoms with Gasteiger partial charge in [0.25, 0.3) is 0 Å². The van der Waals surface area contributed by atoms with Crippen molar-refractivity contribution in [2.75, 3.05) is 6.16 Å². The molecule has 1 atom stereocenters. The maximum absolute atomic E-state index is 5.00. The molecule has 0 radical (unpaired) electrons. The zero-order valence-corrected chi connectivity index (χ0v) is 6.86. The van der Waals surface area contributed by atoms with Crippen molar-refractivity contribution in [3.05, 3.63) is 0 Å². The summed E-state index contributed by atoms with van der Waals surface area (Å²) in [5.74, 6) is 0. The first-order valence-electron chi connectivity index (χ1n) is 1.82. The van der Waals surface area contributed by atoms with Crippen LogP contribution in [0.5, 0.6) is 0 Å². The van der Waals surface area contributed by atoms with Crippen LogP contribution >= 0.6 is 31.2 Å². The SMILES string of the molecule is CCPOBI. The van der Waals surface area contributed by atoms with Crippen molar-refractivity contribution >= 4 is 36.5 Å². The van der Waals surface area contributed by atoms with Gasteiger partial charge in [0.1, 0.15) is 0 Å². The smallest absolute Gasteiger partial charge is 0.350 e. The lowest BCUT2D eigenvalue weighted by Gasteiger charge is -1.89. The van der Waals surface area contributed by atoms with Crippen LogP contribution in [0.25, 0.3) is 0 Å². The fourth-order valence-corrected chi connectivity index (χ4v) is 1.08. The highest BCUT2D eigenvalue weighted by molar-refractivity contribution is 14.1. The van der Waals surface area contributed by atoms with E-state index in [1.165, 1.54) is 0 Å². The minimum absolute atomic E-state index is 0.707. The summed E-state index contributed by atoms with van der Waals surface area (Å²) < 4.78 is 5.00. The monoisotopic (exact) mass is 216 g/mol. The van der Waals surface area contributed by atoms with Gasteiger partial charge in [-0.05, 0) is 15.0 Å². The predicted octanol–water partition coefficient (Wildman–Crippen LogP) is 1.32. The molecule has 0 saturated heterocycles. The molecule has 0 aromatic heterocycles.